The van der Waals surface area contributed by atoms with Crippen molar-refractivity contribution >= 4 is 0 Å². The molecule has 0 aliphatic carbocycles. The van der Waals surface area contributed by atoms with Crippen LogP contribution in [0.15, 0.2) is 0 Å². The Morgan fingerprint density at radius 2 is 2.00 bits per heavy atom. The Kier molecular flexibility index (Phi) is 4.62. The Hall–Kier alpha value is -0.0800. The fourth-order valence-corrected chi connectivity index (χ4v) is 1.54. The molecule has 1 atom stereocenters. The van der Waals surface area contributed by atoms with Gasteiger partial charge in [-0.25, -0.2) is 0 Å². The van der Waals surface area contributed by atoms with Crippen molar-refractivity contribution in [3.05, 3.63) is 0 Å². The molecule has 0 aromatic heterocycles. The molecule has 0 radical (unpaired) electrons. The van der Waals surface area contributed by atoms with Gasteiger partial charge in [0.15, 0.2) is 6.29 Å². The van der Waals surface area contributed by atoms with E-state index in [1.165, 1.54) is 19.3 Å². The normalized spacial score (nSPS) is 21.5. The van der Waals surface area contributed by atoms with Crippen LogP contribution in [-0.4, -0.2) is 19.5 Å². The van der Waals surface area contributed by atoms with Gasteiger partial charge in [-0.05, 0) is 5.92 Å². The largest absolute Gasteiger partial charge is 0.350 e. The molecule has 0 aromatic carbocycles. The van der Waals surface area contributed by atoms with E-state index in [0.717, 1.165) is 25.6 Å². The third kappa shape index (κ3) is 3.55. The first-order chi connectivity index (χ1) is 5.83. The van der Waals surface area contributed by atoms with E-state index in [1.54, 1.807) is 0 Å². The van der Waals surface area contributed by atoms with Gasteiger partial charge >= 0.3 is 0 Å². The van der Waals surface area contributed by atoms with Gasteiger partial charge < -0.3 is 9.47 Å². The predicted octanol–water partition coefficient (Wildman–Crippen LogP) is 2.58. The summed E-state index contributed by atoms with van der Waals surface area (Å²) in [5.41, 5.74) is 0. The molecule has 0 unspecified atom stereocenters. The minimum atomic E-state index is 0.0943. The van der Waals surface area contributed by atoms with Gasteiger partial charge in [0.05, 0.1) is 13.2 Å². The van der Waals surface area contributed by atoms with E-state index in [0.29, 0.717) is 0 Å². The van der Waals surface area contributed by atoms with Gasteiger partial charge in [0.25, 0.3) is 0 Å². The first kappa shape index (κ1) is 10.0. The summed E-state index contributed by atoms with van der Waals surface area (Å²) < 4.78 is 10.8. The van der Waals surface area contributed by atoms with Crippen molar-refractivity contribution in [2.75, 3.05) is 13.2 Å². The third-order valence-corrected chi connectivity index (χ3v) is 2.34. The van der Waals surface area contributed by atoms with E-state index in [9.17, 15) is 0 Å². The van der Waals surface area contributed by atoms with E-state index in [1.807, 2.05) is 0 Å². The van der Waals surface area contributed by atoms with Crippen LogP contribution in [0.4, 0.5) is 0 Å². The van der Waals surface area contributed by atoms with Gasteiger partial charge in [-0.1, -0.05) is 33.1 Å². The van der Waals surface area contributed by atoms with E-state index in [2.05, 4.69) is 13.8 Å². The quantitative estimate of drug-likeness (QED) is 0.634. The SMILES string of the molecule is CCCC[C@H](C)CC1OCCO1. The van der Waals surface area contributed by atoms with Crippen LogP contribution in [0.1, 0.15) is 39.5 Å². The maximum Gasteiger partial charge on any atom is 0.158 e. The van der Waals surface area contributed by atoms with Crippen molar-refractivity contribution in [3.63, 3.8) is 0 Å². The van der Waals surface area contributed by atoms with E-state index >= 15 is 0 Å². The van der Waals surface area contributed by atoms with Gasteiger partial charge in [0.1, 0.15) is 0 Å². The highest BCUT2D eigenvalue weighted by atomic mass is 16.7. The minimum Gasteiger partial charge on any atom is -0.350 e. The van der Waals surface area contributed by atoms with Crippen LogP contribution < -0.4 is 0 Å². The highest BCUT2D eigenvalue weighted by Gasteiger charge is 2.18. The van der Waals surface area contributed by atoms with Crippen molar-refractivity contribution in [2.24, 2.45) is 5.92 Å². The second kappa shape index (κ2) is 5.55. The second-order valence-electron chi connectivity index (χ2n) is 3.65. The van der Waals surface area contributed by atoms with Crippen LogP contribution in [0.25, 0.3) is 0 Å². The van der Waals surface area contributed by atoms with E-state index in [4.69, 9.17) is 9.47 Å². The molecule has 72 valence electrons. The zero-order chi connectivity index (χ0) is 8.81. The zero-order valence-electron chi connectivity index (χ0n) is 8.21. The monoisotopic (exact) mass is 172 g/mol. The smallest absolute Gasteiger partial charge is 0.158 e. The number of rotatable bonds is 5. The molecule has 1 aliphatic heterocycles. The van der Waals surface area contributed by atoms with Gasteiger partial charge in [-0.3, -0.25) is 0 Å². The fraction of sp³-hybridized carbons (Fsp3) is 1.00. The Labute approximate surface area is 75.2 Å². The topological polar surface area (TPSA) is 18.5 Å². The first-order valence-corrected chi connectivity index (χ1v) is 5.06. The summed E-state index contributed by atoms with van der Waals surface area (Å²) in [5.74, 6) is 0.744. The van der Waals surface area contributed by atoms with Crippen molar-refractivity contribution in [2.45, 2.75) is 45.8 Å². The molecule has 1 heterocycles. The molecule has 1 aliphatic rings. The lowest BCUT2D eigenvalue weighted by Gasteiger charge is -2.14. The summed E-state index contributed by atoms with van der Waals surface area (Å²) in [4.78, 5) is 0. The fourth-order valence-electron chi connectivity index (χ4n) is 1.54. The van der Waals surface area contributed by atoms with E-state index in [-0.39, 0.29) is 6.29 Å². The highest BCUT2D eigenvalue weighted by molar-refractivity contribution is 4.59. The van der Waals surface area contributed by atoms with Crippen LogP contribution in [-0.2, 0) is 9.47 Å². The molecule has 12 heavy (non-hydrogen) atoms. The molecule has 0 saturated carbocycles. The summed E-state index contributed by atoms with van der Waals surface area (Å²) in [5, 5.41) is 0. The highest BCUT2D eigenvalue weighted by Crippen LogP contribution is 2.18. The number of hydrogen-bond acceptors (Lipinski definition) is 2. The maximum atomic E-state index is 5.38. The van der Waals surface area contributed by atoms with Crippen LogP contribution >= 0.6 is 0 Å². The van der Waals surface area contributed by atoms with Gasteiger partial charge in [0.2, 0.25) is 0 Å². The lowest BCUT2D eigenvalue weighted by Crippen LogP contribution is -2.12. The van der Waals surface area contributed by atoms with Crippen LogP contribution in [0.3, 0.4) is 0 Å². The standard InChI is InChI=1S/C10H20O2/c1-3-4-5-9(2)8-10-11-6-7-12-10/h9-10H,3-8H2,1-2H3/t9-/m0/s1. The third-order valence-electron chi connectivity index (χ3n) is 2.34. The van der Waals surface area contributed by atoms with Crippen LogP contribution in [0.5, 0.6) is 0 Å². The lowest BCUT2D eigenvalue weighted by molar-refractivity contribution is -0.0561. The lowest BCUT2D eigenvalue weighted by atomic mass is 10.0. The molecule has 1 saturated heterocycles. The molecule has 0 amide bonds. The van der Waals surface area contributed by atoms with Crippen molar-refractivity contribution in [3.8, 4) is 0 Å². The number of ether oxygens (including phenoxy) is 2. The number of unbranched alkanes of at least 4 members (excludes halogenated alkanes) is 1. The Balaban J connectivity index is 2.03. The molecular formula is C10H20O2. The van der Waals surface area contributed by atoms with Gasteiger partial charge in [-0.15, -0.1) is 0 Å². The summed E-state index contributed by atoms with van der Waals surface area (Å²) in [7, 11) is 0. The Morgan fingerprint density at radius 1 is 1.33 bits per heavy atom. The minimum absolute atomic E-state index is 0.0943. The maximum absolute atomic E-state index is 5.38. The van der Waals surface area contributed by atoms with Crippen LogP contribution in [0, 0.1) is 5.92 Å². The average Bonchev–Trinajstić information content (AvgIpc) is 2.53. The summed E-state index contributed by atoms with van der Waals surface area (Å²) in [6.45, 7) is 6.08. The summed E-state index contributed by atoms with van der Waals surface area (Å²) in [6.07, 6.45) is 5.08. The Morgan fingerprint density at radius 3 is 2.58 bits per heavy atom. The molecular weight excluding hydrogens is 152 g/mol. The predicted molar refractivity (Wildman–Crippen MR) is 49.0 cm³/mol. The van der Waals surface area contributed by atoms with Crippen molar-refractivity contribution in [1.82, 2.24) is 0 Å². The first-order valence-electron chi connectivity index (χ1n) is 5.06. The molecule has 1 rings (SSSR count). The molecule has 0 bridgehead atoms. The van der Waals surface area contributed by atoms with Gasteiger partial charge in [0, 0.05) is 6.42 Å². The number of hydrogen-bond donors (Lipinski definition) is 0. The molecule has 2 heteroatoms. The average molecular weight is 172 g/mol. The second-order valence-corrected chi connectivity index (χ2v) is 3.65. The van der Waals surface area contributed by atoms with E-state index < -0.39 is 0 Å². The van der Waals surface area contributed by atoms with Crippen molar-refractivity contribution < 1.29 is 9.47 Å². The summed E-state index contributed by atoms with van der Waals surface area (Å²) >= 11 is 0. The molecule has 0 spiro atoms. The zero-order valence-corrected chi connectivity index (χ0v) is 8.21. The molecule has 1 fully saturated rings. The summed E-state index contributed by atoms with van der Waals surface area (Å²) in [6, 6.07) is 0. The van der Waals surface area contributed by atoms with Crippen molar-refractivity contribution in [1.29, 1.82) is 0 Å². The molecule has 0 N–H and O–H groups in total. The van der Waals surface area contributed by atoms with Gasteiger partial charge in [-0.2, -0.15) is 0 Å². The Bertz CT molecular complexity index is 108. The molecule has 2 nitrogen and oxygen atoms in total. The molecule has 0 aromatic rings. The van der Waals surface area contributed by atoms with Crippen LogP contribution in [0.2, 0.25) is 0 Å².